The molecule has 1 aliphatic heterocycles. The van der Waals surface area contributed by atoms with E-state index in [1.165, 1.54) is 23.3 Å². The molecule has 0 unspecified atom stereocenters. The van der Waals surface area contributed by atoms with E-state index in [-0.39, 0.29) is 50.3 Å². The molecule has 0 radical (unpaired) electrons. The highest BCUT2D eigenvalue weighted by molar-refractivity contribution is 7.13. The number of esters is 1. The molecular formula is C34H45FN4O7S. The molecule has 1 saturated heterocycles. The number of carbonyl (C=O) groups is 4. The monoisotopic (exact) mass is 672 g/mol. The van der Waals surface area contributed by atoms with Crippen LogP contribution in [0.25, 0.3) is 10.4 Å². The first kappa shape index (κ1) is 34.7. The van der Waals surface area contributed by atoms with E-state index < -0.39 is 47.0 Å². The maximum Gasteiger partial charge on any atom is 0.308 e. The van der Waals surface area contributed by atoms with Gasteiger partial charge in [-0.25, -0.2) is 9.37 Å². The number of aliphatic hydroxyl groups excluding tert-OH is 1. The molecule has 47 heavy (non-hydrogen) atoms. The fraction of sp³-hybridized carbons (Fsp3) is 0.618. The van der Waals surface area contributed by atoms with Crippen molar-refractivity contribution >= 4 is 35.0 Å². The number of nitrogens with zero attached hydrogens (tertiary/aromatic N) is 2. The van der Waals surface area contributed by atoms with Gasteiger partial charge in [0.05, 0.1) is 41.3 Å². The summed E-state index contributed by atoms with van der Waals surface area (Å²) in [4.78, 5) is 58.7. The van der Waals surface area contributed by atoms with Crippen LogP contribution in [0.2, 0.25) is 0 Å². The second kappa shape index (κ2) is 13.9. The van der Waals surface area contributed by atoms with Crippen molar-refractivity contribution in [3.8, 4) is 16.2 Å². The minimum atomic E-state index is -1.96. The van der Waals surface area contributed by atoms with Crippen LogP contribution >= 0.6 is 11.3 Å². The zero-order valence-electron chi connectivity index (χ0n) is 27.6. The number of alkyl halides is 1. The Morgan fingerprint density at radius 3 is 2.47 bits per heavy atom. The number of aromatic nitrogens is 1. The smallest absolute Gasteiger partial charge is 0.308 e. The molecule has 11 nitrogen and oxygen atoms in total. The summed E-state index contributed by atoms with van der Waals surface area (Å²) in [6.07, 6.45) is 1.90. The Labute approximate surface area is 278 Å². The van der Waals surface area contributed by atoms with Crippen molar-refractivity contribution in [2.75, 3.05) is 13.7 Å². The van der Waals surface area contributed by atoms with Crippen molar-refractivity contribution in [1.82, 2.24) is 20.5 Å². The number of aliphatic hydroxyl groups is 1. The minimum absolute atomic E-state index is 0.0335. The normalized spacial score (nSPS) is 24.3. The first-order chi connectivity index (χ1) is 22.2. The summed E-state index contributed by atoms with van der Waals surface area (Å²) in [6.45, 7) is 7.24. The standard InChI is InChI=1S/C34H45FN4O7S/c1-19-27(47-18-37-19)21-6-7-22(26(14-21)46-24-10-8-20(9-11-24)31(43)45-5)16-36-29(41)25-15-23(40)17-39(25)30(42)28(33(2,3)4)38-32(44)34(35)12-13-34/h6-7,14,18,20,23-25,28,40H,8-13,15-17H2,1-5H3,(H,36,41)(H,38,44)/t20?,23-,24?,25+,28-/m1/s1. The van der Waals surface area contributed by atoms with Crippen LogP contribution in [0.4, 0.5) is 4.39 Å². The van der Waals surface area contributed by atoms with Gasteiger partial charge in [-0.2, -0.15) is 0 Å². The zero-order chi connectivity index (χ0) is 34.1. The molecule has 2 aromatic rings. The molecule has 5 rings (SSSR count). The Morgan fingerprint density at radius 1 is 1.17 bits per heavy atom. The second-order valence-electron chi connectivity index (χ2n) is 14.1. The molecule has 1 aromatic carbocycles. The summed E-state index contributed by atoms with van der Waals surface area (Å²) in [5, 5.41) is 16.0. The lowest BCUT2D eigenvalue weighted by Gasteiger charge is -2.35. The highest BCUT2D eigenvalue weighted by Gasteiger charge is 2.53. The Hall–Kier alpha value is -3.58. The van der Waals surface area contributed by atoms with E-state index in [9.17, 15) is 28.7 Å². The minimum Gasteiger partial charge on any atom is -0.490 e. The van der Waals surface area contributed by atoms with Gasteiger partial charge < -0.3 is 30.1 Å². The molecule has 1 aromatic heterocycles. The van der Waals surface area contributed by atoms with E-state index in [0.717, 1.165) is 21.7 Å². The van der Waals surface area contributed by atoms with Crippen LogP contribution in [0.3, 0.4) is 0 Å². The molecule has 2 heterocycles. The number of amides is 3. The van der Waals surface area contributed by atoms with E-state index in [4.69, 9.17) is 9.47 Å². The van der Waals surface area contributed by atoms with Gasteiger partial charge in [-0.1, -0.05) is 32.9 Å². The van der Waals surface area contributed by atoms with Gasteiger partial charge in [0, 0.05) is 25.1 Å². The maximum atomic E-state index is 14.5. The predicted molar refractivity (Wildman–Crippen MR) is 173 cm³/mol. The number of hydrogen-bond acceptors (Lipinski definition) is 9. The van der Waals surface area contributed by atoms with E-state index >= 15 is 0 Å². The van der Waals surface area contributed by atoms with Gasteiger partial charge in [-0.3, -0.25) is 19.2 Å². The fourth-order valence-electron chi connectivity index (χ4n) is 6.31. The lowest BCUT2D eigenvalue weighted by molar-refractivity contribution is -0.147. The number of nitrogens with one attached hydrogen (secondary N) is 2. The Bertz CT molecular complexity index is 1500. The number of hydrogen-bond donors (Lipinski definition) is 3. The quantitative estimate of drug-likeness (QED) is 0.323. The van der Waals surface area contributed by atoms with Gasteiger partial charge in [0.1, 0.15) is 17.8 Å². The topological polar surface area (TPSA) is 147 Å². The van der Waals surface area contributed by atoms with E-state index in [1.807, 2.05) is 25.1 Å². The Kier molecular flexibility index (Phi) is 10.3. The third kappa shape index (κ3) is 7.94. The lowest BCUT2D eigenvalue weighted by Crippen LogP contribution is -2.59. The maximum absolute atomic E-state index is 14.5. The van der Waals surface area contributed by atoms with Crippen LogP contribution in [-0.4, -0.2) is 82.3 Å². The molecule has 3 atom stereocenters. The van der Waals surface area contributed by atoms with E-state index in [1.54, 1.807) is 26.3 Å². The number of halogens is 1. The van der Waals surface area contributed by atoms with Crippen molar-refractivity contribution in [1.29, 1.82) is 0 Å². The molecule has 3 aliphatic rings. The van der Waals surface area contributed by atoms with Crippen LogP contribution in [-0.2, 0) is 30.5 Å². The van der Waals surface area contributed by atoms with Gasteiger partial charge >= 0.3 is 5.97 Å². The molecule has 3 N–H and O–H groups in total. The number of methoxy groups -OCH3 is 1. The summed E-state index contributed by atoms with van der Waals surface area (Å²) in [6, 6.07) is 3.73. The van der Waals surface area contributed by atoms with Gasteiger partial charge in [0.2, 0.25) is 11.8 Å². The fourth-order valence-corrected chi connectivity index (χ4v) is 7.11. The number of benzene rings is 1. The SMILES string of the molecule is COC(=O)C1CCC(Oc2cc(-c3scnc3C)ccc2CNC(=O)[C@@H]2C[C@@H](O)CN2C(=O)[C@@H](NC(=O)C2(F)CC2)C(C)(C)C)CC1. The highest BCUT2D eigenvalue weighted by Crippen LogP contribution is 2.40. The number of ether oxygens (including phenoxy) is 2. The lowest BCUT2D eigenvalue weighted by atomic mass is 9.85. The molecule has 3 fully saturated rings. The zero-order valence-corrected chi connectivity index (χ0v) is 28.5. The van der Waals surface area contributed by atoms with E-state index in [2.05, 4.69) is 15.6 Å². The summed E-state index contributed by atoms with van der Waals surface area (Å²) in [5.74, 6) is -1.56. The van der Waals surface area contributed by atoms with Crippen LogP contribution < -0.4 is 15.4 Å². The van der Waals surface area contributed by atoms with Crippen molar-refractivity contribution in [3.63, 3.8) is 0 Å². The second-order valence-corrected chi connectivity index (χ2v) is 14.9. The average Bonchev–Trinajstić information content (AvgIpc) is 3.44. The van der Waals surface area contributed by atoms with Crippen LogP contribution in [0.1, 0.15) is 77.0 Å². The van der Waals surface area contributed by atoms with Crippen molar-refractivity contribution in [2.24, 2.45) is 11.3 Å². The third-order valence-corrected chi connectivity index (χ3v) is 10.4. The largest absolute Gasteiger partial charge is 0.490 e. The molecule has 13 heteroatoms. The van der Waals surface area contributed by atoms with Gasteiger partial charge in [-0.05, 0) is 62.5 Å². The van der Waals surface area contributed by atoms with E-state index in [0.29, 0.717) is 31.4 Å². The van der Waals surface area contributed by atoms with Crippen molar-refractivity contribution < 1.29 is 38.1 Å². The number of likely N-dealkylation sites (tertiary alicyclic amines) is 1. The summed E-state index contributed by atoms with van der Waals surface area (Å²) in [7, 11) is 1.40. The van der Waals surface area contributed by atoms with Crippen molar-refractivity contribution in [3.05, 3.63) is 35.0 Å². The average molecular weight is 673 g/mol. The summed E-state index contributed by atoms with van der Waals surface area (Å²) in [5.41, 5.74) is 1.62. The number of carbonyl (C=O) groups excluding carboxylic acids is 4. The Balaban J connectivity index is 1.31. The number of rotatable bonds is 10. The first-order valence-corrected chi connectivity index (χ1v) is 17.1. The molecule has 0 spiro atoms. The molecule has 2 aliphatic carbocycles. The highest BCUT2D eigenvalue weighted by atomic mass is 32.1. The predicted octanol–water partition coefficient (Wildman–Crippen LogP) is 3.84. The van der Waals surface area contributed by atoms with Crippen molar-refractivity contribution in [2.45, 2.75) is 109 Å². The molecule has 256 valence electrons. The van der Waals surface area contributed by atoms with Gasteiger partial charge in [0.25, 0.3) is 5.91 Å². The Morgan fingerprint density at radius 2 is 1.87 bits per heavy atom. The molecule has 3 amide bonds. The first-order valence-electron chi connectivity index (χ1n) is 16.2. The third-order valence-electron chi connectivity index (χ3n) is 9.38. The molecule has 2 saturated carbocycles. The number of β-amino-alcohol motifs (C(OH)–C–C–N with tert-alkyl or cyclic N) is 1. The molecular weight excluding hydrogens is 627 g/mol. The van der Waals surface area contributed by atoms with Crippen LogP contribution in [0.5, 0.6) is 5.75 Å². The van der Waals surface area contributed by atoms with Gasteiger partial charge in [-0.15, -0.1) is 11.3 Å². The van der Waals surface area contributed by atoms with Crippen LogP contribution in [0, 0.1) is 18.3 Å². The summed E-state index contributed by atoms with van der Waals surface area (Å²) < 4.78 is 25.9. The van der Waals surface area contributed by atoms with Crippen LogP contribution in [0.15, 0.2) is 23.7 Å². The number of thiazole rings is 1. The summed E-state index contributed by atoms with van der Waals surface area (Å²) >= 11 is 1.52. The van der Waals surface area contributed by atoms with Gasteiger partial charge in [0.15, 0.2) is 5.67 Å². The molecule has 0 bridgehead atoms. The number of aryl methyl sites for hydroxylation is 1.